The van der Waals surface area contributed by atoms with Crippen LogP contribution in [0.4, 0.5) is 0 Å². The van der Waals surface area contributed by atoms with Gasteiger partial charge in [0, 0.05) is 37.4 Å². The lowest BCUT2D eigenvalue weighted by molar-refractivity contribution is -0.125. The van der Waals surface area contributed by atoms with Crippen LogP contribution in [0.3, 0.4) is 0 Å². The van der Waals surface area contributed by atoms with Gasteiger partial charge < -0.3 is 15.6 Å². The molecule has 29 heavy (non-hydrogen) atoms. The molecule has 0 spiro atoms. The van der Waals surface area contributed by atoms with E-state index >= 15 is 0 Å². The Bertz CT molecular complexity index is 880. The second kappa shape index (κ2) is 11.6. The Morgan fingerprint density at radius 3 is 2.41 bits per heavy atom. The van der Waals surface area contributed by atoms with Crippen LogP contribution >= 0.6 is 24.8 Å². The fourth-order valence-corrected chi connectivity index (χ4v) is 2.92. The largest absolute Gasteiger partial charge is 0.352 e. The van der Waals surface area contributed by atoms with Crippen molar-refractivity contribution < 1.29 is 4.79 Å². The highest BCUT2D eigenvalue weighted by molar-refractivity contribution is 5.85. The van der Waals surface area contributed by atoms with Crippen molar-refractivity contribution >= 4 is 30.7 Å². The summed E-state index contributed by atoms with van der Waals surface area (Å²) in [6.45, 7) is 4.99. The minimum absolute atomic E-state index is 0. The van der Waals surface area contributed by atoms with E-state index in [-0.39, 0.29) is 42.7 Å². The molecule has 0 saturated heterocycles. The highest BCUT2D eigenvalue weighted by atomic mass is 35.5. The molecule has 0 aliphatic rings. The zero-order valence-electron chi connectivity index (χ0n) is 16.6. The molecule has 7 heteroatoms. The van der Waals surface area contributed by atoms with Gasteiger partial charge in [-0.05, 0) is 29.2 Å². The monoisotopic (exact) mass is 434 g/mol. The maximum absolute atomic E-state index is 12.2. The molecule has 1 aromatic heterocycles. The summed E-state index contributed by atoms with van der Waals surface area (Å²) in [6.07, 6.45) is 5.55. The molecule has 3 rings (SSSR count). The number of hydrogen-bond donors (Lipinski definition) is 2. The molecule has 0 aliphatic carbocycles. The van der Waals surface area contributed by atoms with Gasteiger partial charge >= 0.3 is 0 Å². The Morgan fingerprint density at radius 2 is 1.79 bits per heavy atom. The minimum Gasteiger partial charge on any atom is -0.352 e. The molecule has 1 amide bonds. The number of aromatic nitrogens is 2. The van der Waals surface area contributed by atoms with E-state index in [0.717, 1.165) is 23.2 Å². The van der Waals surface area contributed by atoms with E-state index in [4.69, 9.17) is 5.73 Å². The highest BCUT2D eigenvalue weighted by Crippen LogP contribution is 2.24. The topological polar surface area (TPSA) is 72.9 Å². The first-order chi connectivity index (χ1) is 13.0. The van der Waals surface area contributed by atoms with E-state index in [0.29, 0.717) is 6.54 Å². The van der Waals surface area contributed by atoms with Gasteiger partial charge in [0.2, 0.25) is 5.91 Å². The first kappa shape index (κ1) is 24.7. The first-order valence-electron chi connectivity index (χ1n) is 9.21. The van der Waals surface area contributed by atoms with Gasteiger partial charge in [-0.1, -0.05) is 55.5 Å². The molecule has 0 fully saturated rings. The fourth-order valence-electron chi connectivity index (χ4n) is 2.92. The number of halogens is 2. The van der Waals surface area contributed by atoms with Crippen molar-refractivity contribution in [2.24, 2.45) is 11.7 Å². The van der Waals surface area contributed by atoms with Crippen LogP contribution in [0.1, 0.15) is 25.0 Å². The van der Waals surface area contributed by atoms with E-state index in [9.17, 15) is 4.79 Å². The van der Waals surface area contributed by atoms with Gasteiger partial charge in [-0.15, -0.1) is 24.8 Å². The Hall–Kier alpha value is -2.34. The van der Waals surface area contributed by atoms with Crippen molar-refractivity contribution in [2.45, 2.75) is 33.0 Å². The van der Waals surface area contributed by atoms with Crippen LogP contribution in [-0.4, -0.2) is 21.5 Å². The number of imidazole rings is 1. The van der Waals surface area contributed by atoms with Crippen molar-refractivity contribution in [3.05, 3.63) is 78.4 Å². The van der Waals surface area contributed by atoms with Crippen molar-refractivity contribution in [3.63, 3.8) is 0 Å². The third-order valence-electron chi connectivity index (χ3n) is 4.86. The van der Waals surface area contributed by atoms with Crippen LogP contribution in [0.25, 0.3) is 11.1 Å². The second-order valence-electron chi connectivity index (χ2n) is 6.95. The van der Waals surface area contributed by atoms with E-state index in [1.807, 2.05) is 49.1 Å². The molecule has 2 unspecified atom stereocenters. The number of rotatable bonds is 7. The predicted molar refractivity (Wildman–Crippen MR) is 122 cm³/mol. The van der Waals surface area contributed by atoms with Gasteiger partial charge in [0.25, 0.3) is 0 Å². The lowest BCUT2D eigenvalue weighted by atomic mass is 9.98. The number of nitrogens with two attached hydrogens (primary N) is 1. The molecular formula is C22H28Cl2N4O. The molecule has 0 aliphatic heterocycles. The minimum atomic E-state index is -0.209. The maximum Gasteiger partial charge on any atom is 0.224 e. The Kier molecular flexibility index (Phi) is 9.89. The van der Waals surface area contributed by atoms with Crippen molar-refractivity contribution in [2.75, 3.05) is 0 Å². The van der Waals surface area contributed by atoms with Gasteiger partial charge in [-0.2, -0.15) is 0 Å². The molecule has 2 atom stereocenters. The number of amides is 1. The van der Waals surface area contributed by atoms with Gasteiger partial charge in [-0.3, -0.25) is 4.79 Å². The Morgan fingerprint density at radius 1 is 1.10 bits per heavy atom. The summed E-state index contributed by atoms with van der Waals surface area (Å²) in [5.74, 6) is -0.227. The van der Waals surface area contributed by atoms with Gasteiger partial charge in [0.1, 0.15) is 0 Å². The molecule has 2 aromatic carbocycles. The van der Waals surface area contributed by atoms with E-state index in [1.54, 1.807) is 6.20 Å². The number of carbonyl (C=O) groups is 1. The molecular weight excluding hydrogens is 407 g/mol. The predicted octanol–water partition coefficient (Wildman–Crippen LogP) is 4.04. The standard InChI is InChI=1S/C22H26N4O.2ClH/c1-16(17(2)23)22(27)25-13-20-5-3-4-6-21(20)19-9-7-18(8-10-19)14-26-12-11-24-15-26;;/h3-12,15-17H,13-14,23H2,1-2H3,(H,25,27);2*1H. The molecule has 1 heterocycles. The van der Waals surface area contributed by atoms with Crippen molar-refractivity contribution in [1.82, 2.24) is 14.9 Å². The van der Waals surface area contributed by atoms with Crippen LogP contribution in [0.5, 0.6) is 0 Å². The van der Waals surface area contributed by atoms with Crippen LogP contribution < -0.4 is 11.1 Å². The van der Waals surface area contributed by atoms with Gasteiger partial charge in [-0.25, -0.2) is 4.98 Å². The van der Waals surface area contributed by atoms with E-state index in [1.165, 1.54) is 5.56 Å². The zero-order valence-corrected chi connectivity index (χ0v) is 18.2. The van der Waals surface area contributed by atoms with Crippen LogP contribution in [0.15, 0.2) is 67.3 Å². The third-order valence-corrected chi connectivity index (χ3v) is 4.86. The molecule has 3 N–H and O–H groups in total. The first-order valence-corrected chi connectivity index (χ1v) is 9.21. The summed E-state index contributed by atoms with van der Waals surface area (Å²) in [6, 6.07) is 16.5. The SMILES string of the molecule is CC(N)C(C)C(=O)NCc1ccccc1-c1ccc(Cn2ccnc2)cc1.Cl.Cl. The number of nitrogens with one attached hydrogen (secondary N) is 1. The summed E-state index contributed by atoms with van der Waals surface area (Å²) < 4.78 is 2.04. The number of nitrogens with zero attached hydrogens (tertiary/aromatic N) is 2. The second-order valence-corrected chi connectivity index (χ2v) is 6.95. The smallest absolute Gasteiger partial charge is 0.224 e. The summed E-state index contributed by atoms with van der Waals surface area (Å²) in [5, 5.41) is 3.00. The Labute approximate surface area is 184 Å². The average Bonchev–Trinajstić information content (AvgIpc) is 3.19. The molecule has 5 nitrogen and oxygen atoms in total. The molecule has 0 saturated carbocycles. The van der Waals surface area contributed by atoms with Crippen LogP contribution in [-0.2, 0) is 17.9 Å². The number of benzene rings is 2. The lowest BCUT2D eigenvalue weighted by Gasteiger charge is -2.17. The number of carbonyl (C=O) groups excluding carboxylic acids is 1. The summed E-state index contributed by atoms with van der Waals surface area (Å²) >= 11 is 0. The van der Waals surface area contributed by atoms with Gasteiger partial charge in [0.15, 0.2) is 0 Å². The van der Waals surface area contributed by atoms with Crippen molar-refractivity contribution in [3.8, 4) is 11.1 Å². The molecule has 3 aromatic rings. The van der Waals surface area contributed by atoms with Gasteiger partial charge in [0.05, 0.1) is 6.33 Å². The summed E-state index contributed by atoms with van der Waals surface area (Å²) in [7, 11) is 0. The van der Waals surface area contributed by atoms with Crippen LogP contribution in [0, 0.1) is 5.92 Å². The molecule has 156 valence electrons. The summed E-state index contributed by atoms with van der Waals surface area (Å²) in [4.78, 5) is 16.3. The van der Waals surface area contributed by atoms with E-state index in [2.05, 4.69) is 40.6 Å². The maximum atomic E-state index is 12.2. The quantitative estimate of drug-likeness (QED) is 0.588. The number of hydrogen-bond acceptors (Lipinski definition) is 3. The Balaban J connectivity index is 0.00000210. The lowest BCUT2D eigenvalue weighted by Crippen LogP contribution is -2.38. The third kappa shape index (κ3) is 6.60. The molecule has 0 radical (unpaired) electrons. The highest BCUT2D eigenvalue weighted by Gasteiger charge is 2.17. The molecule has 0 bridgehead atoms. The summed E-state index contributed by atoms with van der Waals surface area (Å²) in [5.41, 5.74) is 10.4. The van der Waals surface area contributed by atoms with Crippen LogP contribution in [0.2, 0.25) is 0 Å². The van der Waals surface area contributed by atoms with Crippen molar-refractivity contribution in [1.29, 1.82) is 0 Å². The normalized spacial score (nSPS) is 12.2. The van der Waals surface area contributed by atoms with E-state index < -0.39 is 0 Å². The average molecular weight is 435 g/mol. The fraction of sp³-hybridized carbons (Fsp3) is 0.273. The zero-order chi connectivity index (χ0) is 19.2.